The highest BCUT2D eigenvalue weighted by atomic mass is 32.2. The molecule has 0 aromatic carbocycles. The van der Waals surface area contributed by atoms with Crippen LogP contribution in [0.5, 0.6) is 0 Å². The Hall–Kier alpha value is -0.480. The van der Waals surface area contributed by atoms with Gasteiger partial charge in [0, 0.05) is 17.9 Å². The lowest BCUT2D eigenvalue weighted by Gasteiger charge is -2.02. The second-order valence-corrected chi connectivity index (χ2v) is 4.35. The molecule has 4 heteroatoms. The van der Waals surface area contributed by atoms with E-state index in [1.54, 1.807) is 0 Å². The van der Waals surface area contributed by atoms with Crippen LogP contribution in [0.15, 0.2) is 10.6 Å². The second kappa shape index (κ2) is 5.29. The zero-order valence-corrected chi connectivity index (χ0v) is 8.93. The minimum absolute atomic E-state index is 0.298. The molecule has 0 radical (unpaired) electrons. The summed E-state index contributed by atoms with van der Waals surface area (Å²) in [5, 5.41) is 3.91. The molecule has 1 aromatic rings. The van der Waals surface area contributed by atoms with E-state index in [0.29, 0.717) is 6.04 Å². The highest BCUT2D eigenvalue weighted by Gasteiger charge is 2.00. The number of nitrogens with zero attached hydrogens (tertiary/aromatic N) is 1. The van der Waals surface area contributed by atoms with Gasteiger partial charge in [0.05, 0.1) is 5.69 Å². The van der Waals surface area contributed by atoms with Gasteiger partial charge in [-0.2, -0.15) is 11.8 Å². The Morgan fingerprint density at radius 3 is 3.00 bits per heavy atom. The lowest BCUT2D eigenvalue weighted by atomic mass is 10.3. The van der Waals surface area contributed by atoms with Crippen LogP contribution < -0.4 is 5.73 Å². The first-order valence-corrected chi connectivity index (χ1v) is 5.59. The van der Waals surface area contributed by atoms with Crippen molar-refractivity contribution in [3.8, 4) is 0 Å². The van der Waals surface area contributed by atoms with E-state index in [1.165, 1.54) is 0 Å². The van der Waals surface area contributed by atoms with E-state index in [9.17, 15) is 0 Å². The molecule has 1 atom stereocenters. The maximum Gasteiger partial charge on any atom is 0.133 e. The molecule has 74 valence electrons. The fourth-order valence-corrected chi connectivity index (χ4v) is 1.96. The summed E-state index contributed by atoms with van der Waals surface area (Å²) in [6.07, 6.45) is 1.06. The second-order valence-electron chi connectivity index (χ2n) is 3.25. The fraction of sp³-hybridized carbons (Fsp3) is 0.667. The van der Waals surface area contributed by atoms with E-state index >= 15 is 0 Å². The van der Waals surface area contributed by atoms with Crippen LogP contribution in [-0.2, 0) is 5.75 Å². The topological polar surface area (TPSA) is 52.0 Å². The van der Waals surface area contributed by atoms with Crippen molar-refractivity contribution in [3.05, 3.63) is 17.5 Å². The van der Waals surface area contributed by atoms with Crippen LogP contribution in [0.2, 0.25) is 0 Å². The Kier molecular flexibility index (Phi) is 4.32. The highest BCUT2D eigenvalue weighted by molar-refractivity contribution is 7.98. The Bertz CT molecular complexity index is 248. The van der Waals surface area contributed by atoms with Crippen LogP contribution in [-0.4, -0.2) is 17.0 Å². The Balaban J connectivity index is 2.13. The van der Waals surface area contributed by atoms with Gasteiger partial charge in [0.15, 0.2) is 0 Å². The number of rotatable bonds is 5. The van der Waals surface area contributed by atoms with E-state index in [1.807, 2.05) is 31.7 Å². The average molecular weight is 200 g/mol. The summed E-state index contributed by atoms with van der Waals surface area (Å²) in [5.41, 5.74) is 6.65. The first-order chi connectivity index (χ1) is 6.18. The molecule has 1 unspecified atom stereocenters. The predicted molar refractivity (Wildman–Crippen MR) is 55.7 cm³/mol. The van der Waals surface area contributed by atoms with Crippen molar-refractivity contribution in [2.24, 2.45) is 5.73 Å². The van der Waals surface area contributed by atoms with Crippen molar-refractivity contribution in [1.82, 2.24) is 5.16 Å². The first kappa shape index (κ1) is 10.6. The van der Waals surface area contributed by atoms with Gasteiger partial charge in [-0.15, -0.1) is 0 Å². The molecule has 0 aliphatic rings. The minimum Gasteiger partial charge on any atom is -0.361 e. The molecule has 0 bridgehead atoms. The lowest BCUT2D eigenvalue weighted by molar-refractivity contribution is 0.393. The Morgan fingerprint density at radius 2 is 2.46 bits per heavy atom. The van der Waals surface area contributed by atoms with Gasteiger partial charge in [-0.1, -0.05) is 5.16 Å². The van der Waals surface area contributed by atoms with Crippen molar-refractivity contribution in [2.75, 3.05) is 5.75 Å². The summed E-state index contributed by atoms with van der Waals surface area (Å²) in [5.74, 6) is 2.89. The van der Waals surface area contributed by atoms with Crippen molar-refractivity contribution < 1.29 is 4.52 Å². The largest absolute Gasteiger partial charge is 0.361 e. The number of hydrogen-bond acceptors (Lipinski definition) is 4. The highest BCUT2D eigenvalue weighted by Crippen LogP contribution is 2.13. The molecule has 0 saturated carbocycles. The SMILES string of the molecule is Cc1cc(CSCCC(C)N)no1. The van der Waals surface area contributed by atoms with Crippen LogP contribution in [0.3, 0.4) is 0 Å². The molecule has 0 fully saturated rings. The third-order valence-corrected chi connectivity index (χ3v) is 2.67. The molecule has 0 aliphatic heterocycles. The Labute approximate surface area is 83.0 Å². The summed E-state index contributed by atoms with van der Waals surface area (Å²) in [6, 6.07) is 2.27. The monoisotopic (exact) mass is 200 g/mol. The summed E-state index contributed by atoms with van der Waals surface area (Å²) in [6.45, 7) is 3.93. The van der Waals surface area contributed by atoms with Crippen LogP contribution in [0.1, 0.15) is 24.8 Å². The van der Waals surface area contributed by atoms with Crippen LogP contribution >= 0.6 is 11.8 Å². The van der Waals surface area contributed by atoms with Crippen molar-refractivity contribution in [3.63, 3.8) is 0 Å². The molecule has 1 heterocycles. The molecule has 1 rings (SSSR count). The maximum absolute atomic E-state index is 5.63. The quantitative estimate of drug-likeness (QED) is 0.738. The first-order valence-electron chi connectivity index (χ1n) is 4.44. The number of thioether (sulfide) groups is 1. The maximum atomic E-state index is 5.63. The van der Waals surface area contributed by atoms with E-state index in [2.05, 4.69) is 5.16 Å². The summed E-state index contributed by atoms with van der Waals surface area (Å²) in [4.78, 5) is 0. The van der Waals surface area contributed by atoms with Crippen LogP contribution in [0.25, 0.3) is 0 Å². The zero-order valence-electron chi connectivity index (χ0n) is 8.12. The number of hydrogen-bond donors (Lipinski definition) is 1. The van der Waals surface area contributed by atoms with E-state index in [4.69, 9.17) is 10.3 Å². The number of aromatic nitrogens is 1. The molecule has 1 aromatic heterocycles. The average Bonchev–Trinajstić information content (AvgIpc) is 2.45. The summed E-state index contributed by atoms with van der Waals surface area (Å²) >= 11 is 1.85. The molecular weight excluding hydrogens is 184 g/mol. The third kappa shape index (κ3) is 4.33. The van der Waals surface area contributed by atoms with E-state index in [0.717, 1.165) is 29.4 Å². The number of aryl methyl sites for hydroxylation is 1. The van der Waals surface area contributed by atoms with Crippen molar-refractivity contribution >= 4 is 11.8 Å². The summed E-state index contributed by atoms with van der Waals surface area (Å²) in [7, 11) is 0. The van der Waals surface area contributed by atoms with Gasteiger partial charge in [0.25, 0.3) is 0 Å². The fourth-order valence-electron chi connectivity index (χ4n) is 0.932. The summed E-state index contributed by atoms with van der Waals surface area (Å²) < 4.78 is 4.95. The molecule has 3 nitrogen and oxygen atoms in total. The molecule has 0 aliphatic carbocycles. The zero-order chi connectivity index (χ0) is 9.68. The third-order valence-electron chi connectivity index (χ3n) is 1.64. The molecule has 13 heavy (non-hydrogen) atoms. The van der Waals surface area contributed by atoms with Gasteiger partial charge in [-0.3, -0.25) is 0 Å². The molecule has 0 amide bonds. The van der Waals surface area contributed by atoms with Gasteiger partial charge < -0.3 is 10.3 Å². The minimum atomic E-state index is 0.298. The Morgan fingerprint density at radius 1 is 1.69 bits per heavy atom. The van der Waals surface area contributed by atoms with Gasteiger partial charge in [-0.05, 0) is 26.0 Å². The van der Waals surface area contributed by atoms with Crippen LogP contribution in [0, 0.1) is 6.92 Å². The van der Waals surface area contributed by atoms with Crippen LogP contribution in [0.4, 0.5) is 0 Å². The molecular formula is C9H16N2OS. The number of nitrogens with two attached hydrogens (primary N) is 1. The lowest BCUT2D eigenvalue weighted by Crippen LogP contribution is -2.15. The van der Waals surface area contributed by atoms with Gasteiger partial charge in [-0.25, -0.2) is 0 Å². The van der Waals surface area contributed by atoms with Gasteiger partial charge in [0.1, 0.15) is 5.76 Å². The smallest absolute Gasteiger partial charge is 0.133 e. The molecule has 0 spiro atoms. The van der Waals surface area contributed by atoms with Crippen molar-refractivity contribution in [2.45, 2.75) is 32.1 Å². The van der Waals surface area contributed by atoms with Crippen molar-refractivity contribution in [1.29, 1.82) is 0 Å². The van der Waals surface area contributed by atoms with Gasteiger partial charge in [0.2, 0.25) is 0 Å². The predicted octanol–water partition coefficient (Wildman–Crippen LogP) is 1.95. The normalized spacial score (nSPS) is 13.2. The van der Waals surface area contributed by atoms with E-state index < -0.39 is 0 Å². The van der Waals surface area contributed by atoms with Gasteiger partial charge >= 0.3 is 0 Å². The standard InChI is InChI=1S/C9H16N2OS/c1-7(10)3-4-13-6-9-5-8(2)12-11-9/h5,7H,3-4,6,10H2,1-2H3. The van der Waals surface area contributed by atoms with E-state index in [-0.39, 0.29) is 0 Å². The molecule has 2 N–H and O–H groups in total. The molecule has 0 saturated heterocycles.